The Morgan fingerprint density at radius 1 is 1.50 bits per heavy atom. The maximum Gasteiger partial charge on any atom is 0.120 e. The molecule has 0 aliphatic carbocycles. The number of hydrogen-bond acceptors (Lipinski definition) is 4. The molecule has 0 unspecified atom stereocenters. The molecule has 0 amide bonds. The van der Waals surface area contributed by atoms with Gasteiger partial charge in [-0.1, -0.05) is 6.07 Å². The van der Waals surface area contributed by atoms with Gasteiger partial charge < -0.3 is 20.1 Å². The van der Waals surface area contributed by atoms with Crippen molar-refractivity contribution in [3.63, 3.8) is 0 Å². The number of anilines is 1. The molecule has 4 heteroatoms. The van der Waals surface area contributed by atoms with E-state index in [4.69, 9.17) is 15.2 Å². The number of nitrogens with two attached hydrogens (primary N) is 1. The number of methoxy groups -OCH3 is 1. The van der Waals surface area contributed by atoms with Gasteiger partial charge in [-0.05, 0) is 12.1 Å². The summed E-state index contributed by atoms with van der Waals surface area (Å²) in [5.74, 6) is 0.875. The summed E-state index contributed by atoms with van der Waals surface area (Å²) in [5.41, 5.74) is 6.79. The highest BCUT2D eigenvalue weighted by molar-refractivity contribution is 5.52. The van der Waals surface area contributed by atoms with Crippen LogP contribution in [-0.4, -0.2) is 39.5 Å². The molecule has 0 radical (unpaired) electrons. The van der Waals surface area contributed by atoms with Crippen molar-refractivity contribution in [2.24, 2.45) is 5.73 Å². The fraction of sp³-hybridized carbons (Fsp3) is 0.500. The van der Waals surface area contributed by atoms with Crippen LogP contribution in [-0.2, 0) is 4.74 Å². The van der Waals surface area contributed by atoms with Crippen molar-refractivity contribution in [3.05, 3.63) is 24.3 Å². The standard InChI is InChI=1S/C12H18N2O2/c1-15-12-4-2-3-10(7-12)14(6-5-13)11-8-16-9-11/h2-4,7,11H,5-6,8-9,13H2,1H3. The fourth-order valence-electron chi connectivity index (χ4n) is 1.85. The first-order valence-electron chi connectivity index (χ1n) is 5.53. The molecule has 1 aromatic carbocycles. The van der Waals surface area contributed by atoms with E-state index in [1.165, 1.54) is 0 Å². The van der Waals surface area contributed by atoms with Crippen molar-refractivity contribution in [2.45, 2.75) is 6.04 Å². The molecule has 1 aromatic rings. The largest absolute Gasteiger partial charge is 0.497 e. The quantitative estimate of drug-likeness (QED) is 0.802. The SMILES string of the molecule is COc1cccc(N(CCN)C2COC2)c1. The molecule has 2 N–H and O–H groups in total. The van der Waals surface area contributed by atoms with E-state index in [0.29, 0.717) is 12.6 Å². The van der Waals surface area contributed by atoms with Crippen LogP contribution in [0.5, 0.6) is 5.75 Å². The van der Waals surface area contributed by atoms with Gasteiger partial charge in [-0.3, -0.25) is 0 Å². The molecule has 0 atom stereocenters. The van der Waals surface area contributed by atoms with E-state index in [-0.39, 0.29) is 0 Å². The summed E-state index contributed by atoms with van der Waals surface area (Å²) in [4.78, 5) is 2.28. The molecule has 0 bridgehead atoms. The van der Waals surface area contributed by atoms with Gasteiger partial charge in [0, 0.05) is 24.8 Å². The molecular formula is C12H18N2O2. The summed E-state index contributed by atoms with van der Waals surface area (Å²) in [6.45, 7) is 3.07. The average Bonchev–Trinajstić information content (AvgIpc) is 2.26. The molecule has 1 fully saturated rings. The van der Waals surface area contributed by atoms with Gasteiger partial charge in [-0.2, -0.15) is 0 Å². The van der Waals surface area contributed by atoms with Crippen LogP contribution in [0.2, 0.25) is 0 Å². The molecule has 1 saturated heterocycles. The lowest BCUT2D eigenvalue weighted by molar-refractivity contribution is 0.00830. The van der Waals surface area contributed by atoms with Gasteiger partial charge in [0.2, 0.25) is 0 Å². The predicted molar refractivity (Wildman–Crippen MR) is 64.0 cm³/mol. The lowest BCUT2D eigenvalue weighted by atomic mass is 10.1. The van der Waals surface area contributed by atoms with Gasteiger partial charge in [0.1, 0.15) is 5.75 Å². The maximum atomic E-state index is 5.64. The van der Waals surface area contributed by atoms with Crippen LogP contribution in [0.4, 0.5) is 5.69 Å². The molecular weight excluding hydrogens is 204 g/mol. The lowest BCUT2D eigenvalue weighted by Gasteiger charge is -2.38. The third kappa shape index (κ3) is 2.28. The zero-order valence-electron chi connectivity index (χ0n) is 9.56. The number of rotatable bonds is 5. The van der Waals surface area contributed by atoms with E-state index in [0.717, 1.165) is 31.2 Å². The zero-order valence-corrected chi connectivity index (χ0v) is 9.56. The molecule has 1 aliphatic heterocycles. The highest BCUT2D eigenvalue weighted by Crippen LogP contribution is 2.24. The summed E-state index contributed by atoms with van der Waals surface area (Å²) in [7, 11) is 1.68. The molecule has 4 nitrogen and oxygen atoms in total. The van der Waals surface area contributed by atoms with Crippen molar-refractivity contribution in [2.75, 3.05) is 38.3 Å². The second kappa shape index (κ2) is 5.18. The Hall–Kier alpha value is -1.26. The zero-order chi connectivity index (χ0) is 11.4. The molecule has 0 aromatic heterocycles. The minimum absolute atomic E-state index is 0.454. The van der Waals surface area contributed by atoms with Crippen LogP contribution >= 0.6 is 0 Å². The van der Waals surface area contributed by atoms with Gasteiger partial charge in [0.25, 0.3) is 0 Å². The average molecular weight is 222 g/mol. The molecule has 2 rings (SSSR count). The van der Waals surface area contributed by atoms with Gasteiger partial charge in [-0.25, -0.2) is 0 Å². The lowest BCUT2D eigenvalue weighted by Crippen LogP contribution is -2.50. The number of nitrogens with zero attached hydrogens (tertiary/aromatic N) is 1. The first-order chi connectivity index (χ1) is 7.85. The Balaban J connectivity index is 2.16. The molecule has 16 heavy (non-hydrogen) atoms. The summed E-state index contributed by atoms with van der Waals surface area (Å²) in [6.07, 6.45) is 0. The number of benzene rings is 1. The minimum Gasteiger partial charge on any atom is -0.497 e. The summed E-state index contributed by atoms with van der Waals surface area (Å²) >= 11 is 0. The Labute approximate surface area is 95.9 Å². The van der Waals surface area contributed by atoms with Crippen LogP contribution in [0, 0.1) is 0 Å². The van der Waals surface area contributed by atoms with E-state index in [9.17, 15) is 0 Å². The van der Waals surface area contributed by atoms with E-state index < -0.39 is 0 Å². The topological polar surface area (TPSA) is 47.7 Å². The van der Waals surface area contributed by atoms with Crippen LogP contribution in [0.15, 0.2) is 24.3 Å². The van der Waals surface area contributed by atoms with E-state index in [2.05, 4.69) is 11.0 Å². The smallest absolute Gasteiger partial charge is 0.120 e. The molecule has 0 saturated carbocycles. The minimum atomic E-state index is 0.454. The molecule has 88 valence electrons. The highest BCUT2D eigenvalue weighted by atomic mass is 16.5. The first kappa shape index (κ1) is 11.2. The van der Waals surface area contributed by atoms with E-state index in [1.807, 2.05) is 18.2 Å². The van der Waals surface area contributed by atoms with Gasteiger partial charge in [0.15, 0.2) is 0 Å². The Morgan fingerprint density at radius 3 is 2.88 bits per heavy atom. The summed E-state index contributed by atoms with van der Waals surface area (Å²) in [6, 6.07) is 8.51. The van der Waals surface area contributed by atoms with E-state index >= 15 is 0 Å². The number of hydrogen-bond donors (Lipinski definition) is 1. The molecule has 0 spiro atoms. The second-order valence-corrected chi connectivity index (χ2v) is 3.87. The highest BCUT2D eigenvalue weighted by Gasteiger charge is 2.25. The molecule has 1 heterocycles. The monoisotopic (exact) mass is 222 g/mol. The van der Waals surface area contributed by atoms with Gasteiger partial charge >= 0.3 is 0 Å². The predicted octanol–water partition coefficient (Wildman–Crippen LogP) is 0.859. The molecule has 1 aliphatic rings. The van der Waals surface area contributed by atoms with Gasteiger partial charge in [-0.15, -0.1) is 0 Å². The normalized spacial score (nSPS) is 15.6. The third-order valence-corrected chi connectivity index (χ3v) is 2.82. The van der Waals surface area contributed by atoms with Crippen LogP contribution in [0.25, 0.3) is 0 Å². The van der Waals surface area contributed by atoms with Crippen molar-refractivity contribution >= 4 is 5.69 Å². The fourth-order valence-corrected chi connectivity index (χ4v) is 1.85. The first-order valence-corrected chi connectivity index (χ1v) is 5.53. The van der Waals surface area contributed by atoms with E-state index in [1.54, 1.807) is 7.11 Å². The van der Waals surface area contributed by atoms with Gasteiger partial charge in [0.05, 0.1) is 26.4 Å². The Bertz CT molecular complexity index is 340. The number of ether oxygens (including phenoxy) is 2. The van der Waals surface area contributed by atoms with Crippen LogP contribution in [0.3, 0.4) is 0 Å². The van der Waals surface area contributed by atoms with Crippen molar-refractivity contribution in [1.82, 2.24) is 0 Å². The summed E-state index contributed by atoms with van der Waals surface area (Å²) in [5, 5.41) is 0. The van der Waals surface area contributed by atoms with Crippen LogP contribution < -0.4 is 15.4 Å². The Morgan fingerprint density at radius 2 is 2.31 bits per heavy atom. The Kier molecular flexibility index (Phi) is 3.64. The van der Waals surface area contributed by atoms with Crippen molar-refractivity contribution in [3.8, 4) is 5.75 Å². The summed E-state index contributed by atoms with van der Waals surface area (Å²) < 4.78 is 10.5. The van der Waals surface area contributed by atoms with Crippen molar-refractivity contribution < 1.29 is 9.47 Å². The maximum absolute atomic E-state index is 5.64. The second-order valence-electron chi connectivity index (χ2n) is 3.87. The third-order valence-electron chi connectivity index (χ3n) is 2.82. The van der Waals surface area contributed by atoms with Crippen molar-refractivity contribution in [1.29, 1.82) is 0 Å². The van der Waals surface area contributed by atoms with Crippen LogP contribution in [0.1, 0.15) is 0 Å².